The number of anilines is 1. The highest BCUT2D eigenvalue weighted by Crippen LogP contribution is 2.20. The van der Waals surface area contributed by atoms with Gasteiger partial charge in [-0.3, -0.25) is 4.79 Å². The first kappa shape index (κ1) is 20.8. The Morgan fingerprint density at radius 1 is 1.19 bits per heavy atom. The van der Waals surface area contributed by atoms with E-state index < -0.39 is 0 Å². The molecule has 2 aromatic rings. The summed E-state index contributed by atoms with van der Waals surface area (Å²) in [5, 5.41) is 12.8. The molecule has 0 unspecified atom stereocenters. The van der Waals surface area contributed by atoms with Crippen molar-refractivity contribution in [1.82, 2.24) is 14.8 Å². The lowest BCUT2D eigenvalue weighted by atomic mass is 10.1. The highest BCUT2D eigenvalue weighted by Gasteiger charge is 2.13. The number of hydrogen-bond acceptors (Lipinski definition) is 4. The number of unbranched alkanes of at least 4 members (excludes halogenated alkanes) is 4. The Balaban J connectivity index is 1.84. The minimum absolute atomic E-state index is 0.0796. The Labute approximate surface area is 164 Å². The Morgan fingerprint density at radius 3 is 2.73 bits per heavy atom. The van der Waals surface area contributed by atoms with E-state index in [0.717, 1.165) is 30.4 Å². The number of benzene rings is 1. The van der Waals surface area contributed by atoms with E-state index in [1.54, 1.807) is 12.1 Å². The molecule has 0 fully saturated rings. The second-order valence-corrected chi connectivity index (χ2v) is 7.53. The van der Waals surface area contributed by atoms with Crippen LogP contribution in [0.5, 0.6) is 0 Å². The second-order valence-electron chi connectivity index (χ2n) is 6.15. The average molecular weight is 395 g/mol. The summed E-state index contributed by atoms with van der Waals surface area (Å²) in [6.45, 7) is 5.12. The molecule has 5 nitrogen and oxygen atoms in total. The van der Waals surface area contributed by atoms with E-state index in [9.17, 15) is 4.79 Å². The molecule has 26 heavy (non-hydrogen) atoms. The van der Waals surface area contributed by atoms with Crippen molar-refractivity contribution in [3.63, 3.8) is 0 Å². The van der Waals surface area contributed by atoms with E-state index in [1.165, 1.54) is 37.4 Å². The minimum atomic E-state index is -0.0796. The molecule has 1 aromatic heterocycles. The average Bonchev–Trinajstić information content (AvgIpc) is 3.01. The van der Waals surface area contributed by atoms with Gasteiger partial charge in [-0.05, 0) is 31.5 Å². The fourth-order valence-corrected chi connectivity index (χ4v) is 3.72. The van der Waals surface area contributed by atoms with Crippen LogP contribution < -0.4 is 5.32 Å². The molecule has 0 spiro atoms. The maximum Gasteiger partial charge on any atom is 0.234 e. The normalized spacial score (nSPS) is 10.9. The summed E-state index contributed by atoms with van der Waals surface area (Å²) >= 11 is 7.35. The highest BCUT2D eigenvalue weighted by molar-refractivity contribution is 7.99. The SMILES string of the molecule is CCCCCCCc1nnc(SCC(=O)Nc2cccc(Cl)c2)n1CC. The van der Waals surface area contributed by atoms with Gasteiger partial charge in [-0.25, -0.2) is 0 Å². The maximum absolute atomic E-state index is 12.1. The van der Waals surface area contributed by atoms with Crippen molar-refractivity contribution < 1.29 is 4.79 Å². The van der Waals surface area contributed by atoms with Crippen LogP contribution in [0.1, 0.15) is 51.8 Å². The zero-order valence-corrected chi connectivity index (χ0v) is 17.1. The lowest BCUT2D eigenvalue weighted by Crippen LogP contribution is -2.14. The summed E-state index contributed by atoms with van der Waals surface area (Å²) in [6.07, 6.45) is 7.14. The molecule has 0 aliphatic carbocycles. The van der Waals surface area contributed by atoms with E-state index in [0.29, 0.717) is 16.5 Å². The number of aryl methyl sites for hydroxylation is 1. The number of carbonyl (C=O) groups is 1. The second kappa shape index (κ2) is 11.2. The summed E-state index contributed by atoms with van der Waals surface area (Å²) in [7, 11) is 0. The van der Waals surface area contributed by atoms with Crippen molar-refractivity contribution >= 4 is 35.0 Å². The number of carbonyl (C=O) groups excluding carboxylic acids is 1. The van der Waals surface area contributed by atoms with Gasteiger partial charge >= 0.3 is 0 Å². The van der Waals surface area contributed by atoms with Gasteiger partial charge in [-0.1, -0.05) is 62.0 Å². The fourth-order valence-electron chi connectivity index (χ4n) is 2.71. The Kier molecular flexibility index (Phi) is 8.98. The summed E-state index contributed by atoms with van der Waals surface area (Å²) in [4.78, 5) is 12.1. The van der Waals surface area contributed by atoms with Crippen LogP contribution in [-0.2, 0) is 17.8 Å². The molecular formula is C19H27ClN4OS. The number of rotatable bonds is 11. The molecular weight excluding hydrogens is 368 g/mol. The third kappa shape index (κ3) is 6.65. The molecule has 0 saturated carbocycles. The smallest absolute Gasteiger partial charge is 0.234 e. The first-order chi connectivity index (χ1) is 12.6. The number of hydrogen-bond donors (Lipinski definition) is 1. The zero-order valence-electron chi connectivity index (χ0n) is 15.5. The van der Waals surface area contributed by atoms with Crippen LogP contribution in [0, 0.1) is 0 Å². The van der Waals surface area contributed by atoms with Crippen LogP contribution in [0.15, 0.2) is 29.4 Å². The first-order valence-electron chi connectivity index (χ1n) is 9.24. The molecule has 0 aliphatic heterocycles. The summed E-state index contributed by atoms with van der Waals surface area (Å²) in [5.74, 6) is 1.23. The number of nitrogens with one attached hydrogen (secondary N) is 1. The number of amides is 1. The van der Waals surface area contributed by atoms with Crippen molar-refractivity contribution in [3.05, 3.63) is 35.1 Å². The third-order valence-corrected chi connectivity index (χ3v) is 5.26. The Hall–Kier alpha value is -1.53. The number of thioether (sulfide) groups is 1. The minimum Gasteiger partial charge on any atom is -0.325 e. The molecule has 0 saturated heterocycles. The van der Waals surface area contributed by atoms with E-state index in [2.05, 4.69) is 33.9 Å². The van der Waals surface area contributed by atoms with Crippen molar-refractivity contribution in [2.45, 2.75) is 64.1 Å². The molecule has 1 aromatic carbocycles. The summed E-state index contributed by atoms with van der Waals surface area (Å²) < 4.78 is 2.11. The lowest BCUT2D eigenvalue weighted by molar-refractivity contribution is -0.113. The molecule has 0 atom stereocenters. The van der Waals surface area contributed by atoms with Crippen LogP contribution in [-0.4, -0.2) is 26.4 Å². The van der Waals surface area contributed by atoms with Crippen LogP contribution >= 0.6 is 23.4 Å². The zero-order chi connectivity index (χ0) is 18.8. The highest BCUT2D eigenvalue weighted by atomic mass is 35.5. The van der Waals surface area contributed by atoms with Crippen LogP contribution in [0.4, 0.5) is 5.69 Å². The number of halogens is 1. The standard InChI is InChI=1S/C19H27ClN4OS/c1-3-5-6-7-8-12-17-22-23-19(24(17)4-2)26-14-18(25)21-16-11-9-10-15(20)13-16/h9-11,13H,3-8,12,14H2,1-2H3,(H,21,25). The van der Waals surface area contributed by atoms with E-state index in [-0.39, 0.29) is 5.91 Å². The Bertz CT molecular complexity index is 705. The van der Waals surface area contributed by atoms with Gasteiger partial charge in [0.05, 0.1) is 5.75 Å². The van der Waals surface area contributed by atoms with Gasteiger partial charge in [-0.15, -0.1) is 10.2 Å². The van der Waals surface area contributed by atoms with E-state index in [4.69, 9.17) is 11.6 Å². The third-order valence-electron chi connectivity index (χ3n) is 4.05. The van der Waals surface area contributed by atoms with Gasteiger partial charge in [0.15, 0.2) is 5.16 Å². The van der Waals surface area contributed by atoms with E-state index >= 15 is 0 Å². The van der Waals surface area contributed by atoms with Crippen LogP contribution in [0.3, 0.4) is 0 Å². The number of aromatic nitrogens is 3. The molecule has 1 N–H and O–H groups in total. The molecule has 7 heteroatoms. The van der Waals surface area contributed by atoms with E-state index in [1.807, 2.05) is 12.1 Å². The van der Waals surface area contributed by atoms with Gasteiger partial charge in [0, 0.05) is 23.7 Å². The molecule has 142 valence electrons. The van der Waals surface area contributed by atoms with Gasteiger partial charge in [0.2, 0.25) is 5.91 Å². The fraction of sp³-hybridized carbons (Fsp3) is 0.526. The topological polar surface area (TPSA) is 59.8 Å². The first-order valence-corrected chi connectivity index (χ1v) is 10.6. The molecule has 1 amide bonds. The molecule has 1 heterocycles. The lowest BCUT2D eigenvalue weighted by Gasteiger charge is -2.08. The van der Waals surface area contributed by atoms with Crippen LogP contribution in [0.25, 0.3) is 0 Å². The van der Waals surface area contributed by atoms with Gasteiger partial charge in [0.1, 0.15) is 5.82 Å². The predicted molar refractivity (Wildman–Crippen MR) is 109 cm³/mol. The van der Waals surface area contributed by atoms with Gasteiger partial charge < -0.3 is 9.88 Å². The Morgan fingerprint density at radius 2 is 2.00 bits per heavy atom. The monoisotopic (exact) mass is 394 g/mol. The molecule has 2 rings (SSSR count). The molecule has 0 aliphatic rings. The maximum atomic E-state index is 12.1. The van der Waals surface area contributed by atoms with Crippen molar-refractivity contribution in [2.24, 2.45) is 0 Å². The van der Waals surface area contributed by atoms with Crippen molar-refractivity contribution in [3.8, 4) is 0 Å². The van der Waals surface area contributed by atoms with Crippen molar-refractivity contribution in [1.29, 1.82) is 0 Å². The van der Waals surface area contributed by atoms with Crippen molar-refractivity contribution in [2.75, 3.05) is 11.1 Å². The summed E-state index contributed by atoms with van der Waals surface area (Å²) in [6, 6.07) is 7.14. The number of nitrogens with zero attached hydrogens (tertiary/aromatic N) is 3. The molecule has 0 radical (unpaired) electrons. The van der Waals surface area contributed by atoms with Gasteiger partial charge in [0.25, 0.3) is 0 Å². The quantitative estimate of drug-likeness (QED) is 0.420. The van der Waals surface area contributed by atoms with Gasteiger partial charge in [-0.2, -0.15) is 0 Å². The molecule has 0 bridgehead atoms. The summed E-state index contributed by atoms with van der Waals surface area (Å²) in [5.41, 5.74) is 0.702. The largest absolute Gasteiger partial charge is 0.325 e. The van der Waals surface area contributed by atoms with Crippen LogP contribution in [0.2, 0.25) is 5.02 Å². The predicted octanol–water partition coefficient (Wildman–Crippen LogP) is 5.20.